The Bertz CT molecular complexity index is 521. The number of anilines is 1. The van der Waals surface area contributed by atoms with Crippen LogP contribution in [0.15, 0.2) is 24.3 Å². The molecule has 0 fully saturated rings. The fourth-order valence-corrected chi connectivity index (χ4v) is 2.15. The average Bonchev–Trinajstić information content (AvgIpc) is 2.44. The van der Waals surface area contributed by atoms with Crippen LogP contribution in [0.4, 0.5) is 10.5 Å². The van der Waals surface area contributed by atoms with E-state index in [0.717, 1.165) is 24.1 Å². The van der Waals surface area contributed by atoms with E-state index in [2.05, 4.69) is 5.32 Å². The molecule has 0 saturated heterocycles. The summed E-state index contributed by atoms with van der Waals surface area (Å²) in [7, 11) is 0. The Balaban J connectivity index is 2.11. The van der Waals surface area contributed by atoms with Gasteiger partial charge in [-0.3, -0.25) is 4.79 Å². The maximum Gasteiger partial charge on any atom is 0.407 e. The molecule has 0 heterocycles. The van der Waals surface area contributed by atoms with Gasteiger partial charge in [-0.2, -0.15) is 0 Å². The van der Waals surface area contributed by atoms with Crippen molar-refractivity contribution < 1.29 is 14.3 Å². The van der Waals surface area contributed by atoms with E-state index in [4.69, 9.17) is 10.5 Å². The first-order valence-corrected chi connectivity index (χ1v) is 8.10. The first-order chi connectivity index (χ1) is 10.8. The van der Waals surface area contributed by atoms with Gasteiger partial charge in [-0.25, -0.2) is 4.79 Å². The Hall–Kier alpha value is -2.04. The third kappa shape index (κ3) is 8.86. The van der Waals surface area contributed by atoms with Crippen LogP contribution in [0.1, 0.15) is 52.0 Å². The lowest BCUT2D eigenvalue weighted by atomic mass is 10.0. The molecule has 0 radical (unpaired) electrons. The smallest absolute Gasteiger partial charge is 0.407 e. The number of nitrogens with one attached hydrogen (secondary N) is 1. The SMILES string of the molecule is CC(C)(C)OC(=O)NCCCC(=O)CCCc1ccccc1N. The summed E-state index contributed by atoms with van der Waals surface area (Å²) in [6, 6.07) is 7.72. The van der Waals surface area contributed by atoms with E-state index in [1.807, 2.05) is 45.0 Å². The molecule has 1 amide bonds. The number of ketones is 1. The van der Waals surface area contributed by atoms with Gasteiger partial charge in [0.1, 0.15) is 11.4 Å². The summed E-state index contributed by atoms with van der Waals surface area (Å²) in [4.78, 5) is 23.3. The third-order valence-corrected chi connectivity index (χ3v) is 3.26. The van der Waals surface area contributed by atoms with Crippen molar-refractivity contribution in [3.8, 4) is 0 Å². The summed E-state index contributed by atoms with van der Waals surface area (Å²) in [5.74, 6) is 0.213. The standard InChI is InChI=1S/C18H28N2O3/c1-18(2,3)23-17(22)20-13-7-11-15(21)10-6-9-14-8-4-5-12-16(14)19/h4-5,8,12H,6-7,9-11,13,19H2,1-3H3,(H,20,22). The van der Waals surface area contributed by atoms with Gasteiger partial charge in [0.25, 0.3) is 0 Å². The van der Waals surface area contributed by atoms with Crippen molar-refractivity contribution in [3.63, 3.8) is 0 Å². The number of benzene rings is 1. The van der Waals surface area contributed by atoms with Gasteiger partial charge >= 0.3 is 6.09 Å². The number of nitrogens with two attached hydrogens (primary N) is 1. The average molecular weight is 320 g/mol. The van der Waals surface area contributed by atoms with Crippen molar-refractivity contribution in [3.05, 3.63) is 29.8 Å². The molecular formula is C18H28N2O3. The lowest BCUT2D eigenvalue weighted by Gasteiger charge is -2.19. The molecule has 1 aromatic rings. The van der Waals surface area contributed by atoms with E-state index in [9.17, 15) is 9.59 Å². The Morgan fingerprint density at radius 3 is 2.43 bits per heavy atom. The first kappa shape index (κ1) is 19.0. The van der Waals surface area contributed by atoms with Crippen LogP contribution in [0, 0.1) is 0 Å². The van der Waals surface area contributed by atoms with Gasteiger partial charge in [-0.05, 0) is 51.7 Å². The number of nitrogen functional groups attached to an aromatic ring is 1. The molecule has 0 aliphatic carbocycles. The zero-order valence-electron chi connectivity index (χ0n) is 14.4. The fraction of sp³-hybridized carbons (Fsp3) is 0.556. The number of rotatable bonds is 8. The van der Waals surface area contributed by atoms with E-state index >= 15 is 0 Å². The first-order valence-electron chi connectivity index (χ1n) is 8.10. The Morgan fingerprint density at radius 2 is 1.78 bits per heavy atom. The van der Waals surface area contributed by atoms with Gasteiger partial charge in [0.05, 0.1) is 0 Å². The molecule has 0 bridgehead atoms. The largest absolute Gasteiger partial charge is 0.444 e. The molecule has 5 nitrogen and oxygen atoms in total. The minimum absolute atomic E-state index is 0.213. The molecule has 0 unspecified atom stereocenters. The summed E-state index contributed by atoms with van der Waals surface area (Å²) in [5, 5.41) is 2.65. The second-order valence-corrected chi connectivity index (χ2v) is 6.62. The Morgan fingerprint density at radius 1 is 1.13 bits per heavy atom. The van der Waals surface area contributed by atoms with Crippen molar-refractivity contribution >= 4 is 17.6 Å². The number of alkyl carbamates (subject to hydrolysis) is 1. The highest BCUT2D eigenvalue weighted by Gasteiger charge is 2.15. The van der Waals surface area contributed by atoms with E-state index in [0.29, 0.717) is 25.8 Å². The Labute approximate surface area is 138 Å². The van der Waals surface area contributed by atoms with Crippen LogP contribution in [-0.4, -0.2) is 24.0 Å². The molecule has 23 heavy (non-hydrogen) atoms. The molecule has 1 rings (SSSR count). The van der Waals surface area contributed by atoms with Gasteiger partial charge in [-0.15, -0.1) is 0 Å². The van der Waals surface area contributed by atoms with Gasteiger partial charge in [0, 0.05) is 25.1 Å². The highest BCUT2D eigenvalue weighted by Crippen LogP contribution is 2.14. The number of carbonyl (C=O) groups excluding carboxylic acids is 2. The molecule has 5 heteroatoms. The maximum absolute atomic E-state index is 11.8. The minimum Gasteiger partial charge on any atom is -0.444 e. The second kappa shape index (κ2) is 9.18. The number of Topliss-reactive ketones (excluding diaryl/α,β-unsaturated/α-hetero) is 1. The van der Waals surface area contributed by atoms with Crippen LogP contribution >= 0.6 is 0 Å². The Kier molecular flexibility index (Phi) is 7.59. The molecule has 128 valence electrons. The highest BCUT2D eigenvalue weighted by atomic mass is 16.6. The van der Waals surface area contributed by atoms with Crippen LogP contribution < -0.4 is 11.1 Å². The normalized spacial score (nSPS) is 11.1. The van der Waals surface area contributed by atoms with Gasteiger partial charge in [-0.1, -0.05) is 18.2 Å². The number of hydrogen-bond acceptors (Lipinski definition) is 4. The summed E-state index contributed by atoms with van der Waals surface area (Å²) < 4.78 is 5.12. The molecule has 0 atom stereocenters. The van der Waals surface area contributed by atoms with Gasteiger partial charge < -0.3 is 15.8 Å². The van der Waals surface area contributed by atoms with Crippen molar-refractivity contribution in [2.75, 3.05) is 12.3 Å². The number of amides is 1. The lowest BCUT2D eigenvalue weighted by Crippen LogP contribution is -2.33. The zero-order chi connectivity index (χ0) is 17.3. The zero-order valence-corrected chi connectivity index (χ0v) is 14.4. The van der Waals surface area contributed by atoms with E-state index in [1.165, 1.54) is 0 Å². The van der Waals surface area contributed by atoms with Crippen LogP contribution in [0.5, 0.6) is 0 Å². The maximum atomic E-state index is 11.8. The van der Waals surface area contributed by atoms with Crippen LogP contribution in [0.25, 0.3) is 0 Å². The van der Waals surface area contributed by atoms with Crippen molar-refractivity contribution in [1.82, 2.24) is 5.32 Å². The van der Waals surface area contributed by atoms with Gasteiger partial charge in [0.2, 0.25) is 0 Å². The lowest BCUT2D eigenvalue weighted by molar-refractivity contribution is -0.119. The molecule has 0 aromatic heterocycles. The molecule has 3 N–H and O–H groups in total. The molecule has 0 saturated carbocycles. The van der Waals surface area contributed by atoms with Crippen LogP contribution in [-0.2, 0) is 16.0 Å². The molecule has 0 aliphatic heterocycles. The molecule has 1 aromatic carbocycles. The van der Waals surface area contributed by atoms with E-state index < -0.39 is 11.7 Å². The quantitative estimate of drug-likeness (QED) is 0.567. The van der Waals surface area contributed by atoms with Crippen molar-refractivity contribution in [2.45, 2.75) is 58.5 Å². The topological polar surface area (TPSA) is 81.4 Å². The predicted molar refractivity (Wildman–Crippen MR) is 92.3 cm³/mol. The van der Waals surface area contributed by atoms with E-state index in [-0.39, 0.29) is 5.78 Å². The number of aryl methyl sites for hydroxylation is 1. The fourth-order valence-electron chi connectivity index (χ4n) is 2.15. The number of para-hydroxylation sites is 1. The third-order valence-electron chi connectivity index (χ3n) is 3.26. The molecular weight excluding hydrogens is 292 g/mol. The molecule has 0 aliphatic rings. The van der Waals surface area contributed by atoms with Gasteiger partial charge in [0.15, 0.2) is 0 Å². The van der Waals surface area contributed by atoms with E-state index in [1.54, 1.807) is 0 Å². The number of ether oxygens (including phenoxy) is 1. The molecule has 0 spiro atoms. The number of hydrogen-bond donors (Lipinski definition) is 2. The van der Waals surface area contributed by atoms with Crippen molar-refractivity contribution in [1.29, 1.82) is 0 Å². The minimum atomic E-state index is -0.501. The summed E-state index contributed by atoms with van der Waals surface area (Å²) in [6.45, 7) is 5.90. The van der Waals surface area contributed by atoms with Crippen LogP contribution in [0.3, 0.4) is 0 Å². The van der Waals surface area contributed by atoms with Crippen LogP contribution in [0.2, 0.25) is 0 Å². The summed E-state index contributed by atoms with van der Waals surface area (Å²) >= 11 is 0. The second-order valence-electron chi connectivity index (χ2n) is 6.62. The number of carbonyl (C=O) groups is 2. The predicted octanol–water partition coefficient (Wildman–Crippen LogP) is 3.47. The summed E-state index contributed by atoms with van der Waals surface area (Å²) in [6.07, 6.45) is 2.82. The summed E-state index contributed by atoms with van der Waals surface area (Å²) in [5.41, 5.74) is 7.24. The van der Waals surface area contributed by atoms with Crippen molar-refractivity contribution in [2.24, 2.45) is 0 Å². The highest BCUT2D eigenvalue weighted by molar-refractivity contribution is 5.78. The monoisotopic (exact) mass is 320 g/mol.